The Labute approximate surface area is 162 Å². The summed E-state index contributed by atoms with van der Waals surface area (Å²) < 4.78 is 5.80. The van der Waals surface area contributed by atoms with Gasteiger partial charge in [0, 0.05) is 5.56 Å². The molecule has 4 rings (SSSR count). The van der Waals surface area contributed by atoms with Crippen molar-refractivity contribution in [2.45, 2.75) is 13.8 Å². The molecule has 28 heavy (non-hydrogen) atoms. The van der Waals surface area contributed by atoms with Crippen LogP contribution in [-0.2, 0) is 0 Å². The molecule has 5 heteroatoms. The number of nitrogens with one attached hydrogen (secondary N) is 1. The highest BCUT2D eigenvalue weighted by Gasteiger charge is 2.22. The normalized spacial score (nSPS) is 11.6. The molecule has 0 aliphatic heterocycles. The second-order valence-corrected chi connectivity index (χ2v) is 6.62. The lowest BCUT2D eigenvalue weighted by Crippen LogP contribution is -2.18. The molecule has 0 aliphatic rings. The smallest absolute Gasteiger partial charge is 0.252 e. The van der Waals surface area contributed by atoms with Crippen LogP contribution >= 0.6 is 0 Å². The van der Waals surface area contributed by atoms with E-state index in [1.54, 1.807) is 12.1 Å². The predicted molar refractivity (Wildman–Crippen MR) is 111 cm³/mol. The summed E-state index contributed by atoms with van der Waals surface area (Å²) in [5, 5.41) is 4.35. The van der Waals surface area contributed by atoms with Crippen LogP contribution < -0.4 is 5.43 Å². The Hall–Kier alpha value is -3.73. The molecular weight excluding hydrogens is 350 g/mol. The number of Topliss-reactive ketones (excluding diaryl/α,β-unsaturated/α-hetero) is 1. The molecule has 5 nitrogen and oxygen atoms in total. The number of aromatic nitrogens is 1. The number of carbonyl (C=O) groups is 1. The molecule has 3 aromatic carbocycles. The average Bonchev–Trinajstić information content (AvgIpc) is 3.14. The summed E-state index contributed by atoms with van der Waals surface area (Å²) in [5.41, 5.74) is 7.88. The quantitative estimate of drug-likeness (QED) is 0.300. The molecule has 0 fully saturated rings. The summed E-state index contributed by atoms with van der Waals surface area (Å²) in [6.07, 6.45) is 0. The highest BCUT2D eigenvalue weighted by molar-refractivity contribution is 6.50. The van der Waals surface area contributed by atoms with Gasteiger partial charge >= 0.3 is 0 Å². The molecular formula is C23H19N3O2. The van der Waals surface area contributed by atoms with E-state index in [9.17, 15) is 4.79 Å². The highest BCUT2D eigenvalue weighted by atomic mass is 16.3. The molecule has 1 heterocycles. The van der Waals surface area contributed by atoms with Gasteiger partial charge in [-0.25, -0.2) is 4.98 Å². The van der Waals surface area contributed by atoms with Crippen molar-refractivity contribution in [2.75, 3.05) is 5.43 Å². The van der Waals surface area contributed by atoms with Crippen LogP contribution in [0.1, 0.15) is 27.4 Å². The van der Waals surface area contributed by atoms with Gasteiger partial charge in [0.25, 0.3) is 5.89 Å². The van der Waals surface area contributed by atoms with Crippen LogP contribution in [0.15, 0.2) is 82.3 Å². The van der Waals surface area contributed by atoms with E-state index in [2.05, 4.69) is 15.5 Å². The number of rotatable bonds is 5. The molecule has 0 radical (unpaired) electrons. The number of aryl methyl sites for hydroxylation is 2. The summed E-state index contributed by atoms with van der Waals surface area (Å²) in [6.45, 7) is 3.99. The first-order valence-electron chi connectivity index (χ1n) is 8.98. The van der Waals surface area contributed by atoms with Crippen molar-refractivity contribution in [3.05, 3.63) is 95.4 Å². The molecule has 0 spiro atoms. The van der Waals surface area contributed by atoms with Crippen LogP contribution in [0.3, 0.4) is 0 Å². The Bertz CT molecular complexity index is 1120. The number of hydrogen-bond donors (Lipinski definition) is 1. The van der Waals surface area contributed by atoms with Gasteiger partial charge in [-0.3, -0.25) is 10.2 Å². The molecule has 0 amide bonds. The maximum atomic E-state index is 13.1. The second kappa shape index (κ2) is 7.48. The number of hydrogen-bond acceptors (Lipinski definition) is 5. The number of carbonyl (C=O) groups excluding carboxylic acids is 1. The third-order valence-electron chi connectivity index (χ3n) is 4.37. The number of hydrazone groups is 1. The van der Waals surface area contributed by atoms with Gasteiger partial charge in [0.2, 0.25) is 5.78 Å². The van der Waals surface area contributed by atoms with Gasteiger partial charge in [0.15, 0.2) is 11.3 Å². The van der Waals surface area contributed by atoms with Crippen molar-refractivity contribution in [3.8, 4) is 0 Å². The maximum absolute atomic E-state index is 13.1. The fourth-order valence-electron chi connectivity index (χ4n) is 2.76. The van der Waals surface area contributed by atoms with Crippen LogP contribution in [0.2, 0.25) is 0 Å². The first-order chi connectivity index (χ1) is 13.6. The monoisotopic (exact) mass is 369 g/mol. The van der Waals surface area contributed by atoms with E-state index >= 15 is 0 Å². The van der Waals surface area contributed by atoms with Crippen LogP contribution in [0.25, 0.3) is 11.1 Å². The molecule has 0 saturated heterocycles. The minimum atomic E-state index is -0.258. The molecule has 1 aromatic heterocycles. The van der Waals surface area contributed by atoms with Gasteiger partial charge < -0.3 is 4.42 Å². The van der Waals surface area contributed by atoms with Crippen molar-refractivity contribution in [2.24, 2.45) is 5.10 Å². The van der Waals surface area contributed by atoms with Gasteiger partial charge in [-0.1, -0.05) is 59.7 Å². The van der Waals surface area contributed by atoms with Crippen molar-refractivity contribution in [1.82, 2.24) is 4.98 Å². The lowest BCUT2D eigenvalue weighted by atomic mass is 10.1. The number of para-hydroxylation sites is 2. The number of anilines is 1. The van der Waals surface area contributed by atoms with Crippen molar-refractivity contribution in [3.63, 3.8) is 0 Å². The summed E-state index contributed by atoms with van der Waals surface area (Å²) >= 11 is 0. The van der Waals surface area contributed by atoms with Crippen LogP contribution in [0.4, 0.5) is 5.69 Å². The molecule has 4 aromatic rings. The third kappa shape index (κ3) is 3.69. The lowest BCUT2D eigenvalue weighted by molar-refractivity contribution is 0.106. The number of benzene rings is 3. The molecule has 1 N–H and O–H groups in total. The summed E-state index contributed by atoms with van der Waals surface area (Å²) in [4.78, 5) is 17.6. The van der Waals surface area contributed by atoms with Crippen molar-refractivity contribution < 1.29 is 9.21 Å². The Morgan fingerprint density at radius 2 is 1.54 bits per heavy atom. The van der Waals surface area contributed by atoms with E-state index in [0.29, 0.717) is 16.7 Å². The number of ketones is 1. The fourth-order valence-corrected chi connectivity index (χ4v) is 2.76. The summed E-state index contributed by atoms with van der Waals surface area (Å²) in [5.74, 6) is -0.0717. The highest BCUT2D eigenvalue weighted by Crippen LogP contribution is 2.18. The molecule has 138 valence electrons. The Morgan fingerprint density at radius 1 is 0.893 bits per heavy atom. The summed E-state index contributed by atoms with van der Waals surface area (Å²) in [7, 11) is 0. The molecule has 0 atom stereocenters. The molecule has 0 bridgehead atoms. The Kier molecular flexibility index (Phi) is 4.72. The number of fused-ring (bicyclic) bond motifs is 1. The number of nitrogens with zero attached hydrogens (tertiary/aromatic N) is 2. The van der Waals surface area contributed by atoms with Crippen molar-refractivity contribution in [1.29, 1.82) is 0 Å². The van der Waals surface area contributed by atoms with Gasteiger partial charge in [-0.2, -0.15) is 5.10 Å². The lowest BCUT2D eigenvalue weighted by Gasteiger charge is -2.05. The topological polar surface area (TPSA) is 67.5 Å². The Morgan fingerprint density at radius 3 is 2.21 bits per heavy atom. The van der Waals surface area contributed by atoms with Gasteiger partial charge in [0.1, 0.15) is 5.52 Å². The van der Waals surface area contributed by atoms with Crippen LogP contribution in [0.5, 0.6) is 0 Å². The molecule has 0 unspecified atom stereocenters. The predicted octanol–water partition coefficient (Wildman–Crippen LogP) is 5.14. The zero-order valence-electron chi connectivity index (χ0n) is 15.6. The SMILES string of the molecule is Cc1ccc(N/N=C(/C(=O)c2ccc(C)cc2)c2nc3ccccc3o2)cc1. The van der Waals surface area contributed by atoms with Gasteiger partial charge in [0.05, 0.1) is 5.69 Å². The standard InChI is InChI=1S/C23H19N3O2/c1-15-7-11-17(12-8-15)22(27)21(26-25-18-13-9-16(2)10-14-18)23-24-19-5-3-4-6-20(19)28-23/h3-14,25H,1-2H3/b26-21-. The first kappa shape index (κ1) is 17.7. The van der Waals surface area contributed by atoms with Crippen LogP contribution in [0, 0.1) is 13.8 Å². The Balaban J connectivity index is 1.75. The minimum Gasteiger partial charge on any atom is -0.435 e. The van der Waals surface area contributed by atoms with E-state index in [1.807, 2.05) is 74.5 Å². The zero-order valence-corrected chi connectivity index (χ0v) is 15.6. The first-order valence-corrected chi connectivity index (χ1v) is 8.98. The summed E-state index contributed by atoms with van der Waals surface area (Å²) in [6, 6.07) is 22.5. The maximum Gasteiger partial charge on any atom is 0.252 e. The molecule has 0 saturated carbocycles. The van der Waals surface area contributed by atoms with E-state index in [1.165, 1.54) is 0 Å². The van der Waals surface area contributed by atoms with Crippen LogP contribution in [-0.4, -0.2) is 16.5 Å². The minimum absolute atomic E-state index is 0.126. The largest absolute Gasteiger partial charge is 0.435 e. The average molecular weight is 369 g/mol. The van der Waals surface area contributed by atoms with Gasteiger partial charge in [-0.05, 0) is 38.1 Å². The van der Waals surface area contributed by atoms with E-state index < -0.39 is 0 Å². The van der Waals surface area contributed by atoms with E-state index in [0.717, 1.165) is 16.8 Å². The van der Waals surface area contributed by atoms with Gasteiger partial charge in [-0.15, -0.1) is 0 Å². The molecule has 0 aliphatic carbocycles. The zero-order chi connectivity index (χ0) is 19.5. The van der Waals surface area contributed by atoms with E-state index in [4.69, 9.17) is 4.42 Å². The third-order valence-corrected chi connectivity index (χ3v) is 4.37. The fraction of sp³-hybridized carbons (Fsp3) is 0.0870. The second-order valence-electron chi connectivity index (χ2n) is 6.62. The van der Waals surface area contributed by atoms with E-state index in [-0.39, 0.29) is 17.4 Å². The van der Waals surface area contributed by atoms with Crippen molar-refractivity contribution >= 4 is 28.3 Å². The number of oxazole rings is 1.